The molecule has 0 spiro atoms. The topological polar surface area (TPSA) is 84.5 Å². The number of carbonyl (C=O) groups is 1. The van der Waals surface area contributed by atoms with E-state index in [0.717, 1.165) is 0 Å². The van der Waals surface area contributed by atoms with E-state index in [1.807, 2.05) is 13.8 Å². The van der Waals surface area contributed by atoms with E-state index in [2.05, 4.69) is 14.8 Å². The number of carbonyl (C=O) groups excluding carboxylic acids is 1. The molecule has 0 radical (unpaired) electrons. The molecule has 0 unspecified atom stereocenters. The maximum absolute atomic E-state index is 12.0. The molecule has 1 rings (SSSR count). The summed E-state index contributed by atoms with van der Waals surface area (Å²) in [7, 11) is -2.37. The summed E-state index contributed by atoms with van der Waals surface area (Å²) in [5.41, 5.74) is 0.204. The second kappa shape index (κ2) is 7.37. The Morgan fingerprint density at radius 3 is 2.60 bits per heavy atom. The Morgan fingerprint density at radius 1 is 1.30 bits per heavy atom. The molecule has 6 nitrogen and oxygen atoms in total. The highest BCUT2D eigenvalue weighted by atomic mass is 32.2. The summed E-state index contributed by atoms with van der Waals surface area (Å²) in [6.07, 6.45) is 0. The maximum atomic E-state index is 12.0. The summed E-state index contributed by atoms with van der Waals surface area (Å²) in [5.74, 6) is -0.566. The first-order valence-corrected chi connectivity index (χ1v) is 7.76. The van der Waals surface area contributed by atoms with Gasteiger partial charge in [0, 0.05) is 19.1 Å². The minimum absolute atomic E-state index is 0.0462. The number of methoxy groups -OCH3 is 1. The lowest BCUT2D eigenvalue weighted by atomic mass is 10.2. The molecule has 0 amide bonds. The number of ether oxygens (including phenoxy) is 1. The van der Waals surface area contributed by atoms with Gasteiger partial charge in [-0.05, 0) is 18.2 Å². The molecule has 1 aromatic rings. The van der Waals surface area contributed by atoms with Gasteiger partial charge in [0.1, 0.15) is 0 Å². The minimum atomic E-state index is -3.62. The molecular formula is C13H20N2O4S. The zero-order valence-electron chi connectivity index (χ0n) is 11.8. The zero-order valence-corrected chi connectivity index (χ0v) is 12.7. The van der Waals surface area contributed by atoms with Crippen LogP contribution in [0.15, 0.2) is 29.2 Å². The van der Waals surface area contributed by atoms with Crippen molar-refractivity contribution in [3.05, 3.63) is 29.8 Å². The van der Waals surface area contributed by atoms with E-state index < -0.39 is 16.0 Å². The summed E-state index contributed by atoms with van der Waals surface area (Å²) in [6.45, 7) is 4.78. The molecule has 0 aromatic heterocycles. The Hall–Kier alpha value is -1.44. The number of sulfonamides is 1. The molecule has 0 saturated heterocycles. The third-order valence-corrected chi connectivity index (χ3v) is 3.99. The molecule has 0 aliphatic carbocycles. The van der Waals surface area contributed by atoms with Gasteiger partial charge in [-0.1, -0.05) is 19.9 Å². The summed E-state index contributed by atoms with van der Waals surface area (Å²) >= 11 is 0. The maximum Gasteiger partial charge on any atom is 0.337 e. The molecule has 0 aliphatic heterocycles. The molecule has 2 N–H and O–H groups in total. The summed E-state index contributed by atoms with van der Waals surface area (Å²) < 4.78 is 31.1. The van der Waals surface area contributed by atoms with Crippen molar-refractivity contribution in [2.24, 2.45) is 0 Å². The average molecular weight is 300 g/mol. The molecule has 0 fully saturated rings. The van der Waals surface area contributed by atoms with Gasteiger partial charge in [-0.25, -0.2) is 17.9 Å². The van der Waals surface area contributed by atoms with Gasteiger partial charge in [0.2, 0.25) is 10.0 Å². The third-order valence-electron chi connectivity index (χ3n) is 2.54. The van der Waals surface area contributed by atoms with Crippen molar-refractivity contribution in [2.45, 2.75) is 24.8 Å². The van der Waals surface area contributed by atoms with Crippen LogP contribution in [0, 0.1) is 0 Å². The van der Waals surface area contributed by atoms with Crippen LogP contribution in [-0.2, 0) is 14.8 Å². The van der Waals surface area contributed by atoms with Crippen molar-refractivity contribution in [3.63, 3.8) is 0 Å². The summed E-state index contributed by atoms with van der Waals surface area (Å²) in [4.78, 5) is 11.4. The van der Waals surface area contributed by atoms with Crippen molar-refractivity contribution in [2.75, 3.05) is 20.2 Å². The number of benzene rings is 1. The number of hydrogen-bond acceptors (Lipinski definition) is 5. The van der Waals surface area contributed by atoms with E-state index in [4.69, 9.17) is 0 Å². The van der Waals surface area contributed by atoms with Gasteiger partial charge in [0.25, 0.3) is 0 Å². The smallest absolute Gasteiger partial charge is 0.337 e. The zero-order chi connectivity index (χ0) is 15.2. The first-order valence-electron chi connectivity index (χ1n) is 6.28. The largest absolute Gasteiger partial charge is 0.465 e. The molecule has 0 saturated carbocycles. The summed E-state index contributed by atoms with van der Waals surface area (Å²) in [5, 5.41) is 3.11. The Balaban J connectivity index is 2.75. The lowest BCUT2D eigenvalue weighted by Crippen LogP contribution is -2.34. The van der Waals surface area contributed by atoms with Gasteiger partial charge >= 0.3 is 5.97 Å². The molecule has 20 heavy (non-hydrogen) atoms. The van der Waals surface area contributed by atoms with Crippen molar-refractivity contribution < 1.29 is 17.9 Å². The molecule has 0 heterocycles. The Kier molecular flexibility index (Phi) is 6.12. The first-order chi connectivity index (χ1) is 9.36. The Labute approximate surface area is 119 Å². The van der Waals surface area contributed by atoms with Gasteiger partial charge < -0.3 is 10.1 Å². The number of rotatable bonds is 7. The van der Waals surface area contributed by atoms with Crippen LogP contribution < -0.4 is 10.0 Å². The molecule has 0 aliphatic rings. The predicted octanol–water partition coefficient (Wildman–Crippen LogP) is 0.749. The van der Waals surface area contributed by atoms with Crippen LogP contribution in [0.2, 0.25) is 0 Å². The van der Waals surface area contributed by atoms with E-state index in [1.54, 1.807) is 0 Å². The highest BCUT2D eigenvalue weighted by Gasteiger charge is 2.15. The molecule has 0 atom stereocenters. The fourth-order valence-corrected chi connectivity index (χ4v) is 2.61. The molecule has 7 heteroatoms. The van der Waals surface area contributed by atoms with Crippen molar-refractivity contribution in [1.29, 1.82) is 0 Å². The van der Waals surface area contributed by atoms with E-state index >= 15 is 0 Å². The number of nitrogens with one attached hydrogen (secondary N) is 2. The van der Waals surface area contributed by atoms with Gasteiger partial charge in [-0.2, -0.15) is 0 Å². The monoisotopic (exact) mass is 300 g/mol. The van der Waals surface area contributed by atoms with Gasteiger partial charge in [0.05, 0.1) is 17.6 Å². The van der Waals surface area contributed by atoms with E-state index in [1.165, 1.54) is 31.4 Å². The summed E-state index contributed by atoms with van der Waals surface area (Å²) in [6, 6.07) is 6.04. The normalized spacial score (nSPS) is 11.6. The molecule has 112 valence electrons. The predicted molar refractivity (Wildman–Crippen MR) is 76.1 cm³/mol. The van der Waals surface area contributed by atoms with Crippen LogP contribution in [0.3, 0.4) is 0 Å². The van der Waals surface area contributed by atoms with E-state index in [0.29, 0.717) is 12.6 Å². The van der Waals surface area contributed by atoms with E-state index in [-0.39, 0.29) is 17.0 Å². The van der Waals surface area contributed by atoms with Crippen LogP contribution in [0.1, 0.15) is 24.2 Å². The first kappa shape index (κ1) is 16.6. The van der Waals surface area contributed by atoms with Crippen molar-refractivity contribution in [1.82, 2.24) is 10.0 Å². The van der Waals surface area contributed by atoms with Gasteiger partial charge in [-0.15, -0.1) is 0 Å². The lowest BCUT2D eigenvalue weighted by Gasteiger charge is -2.10. The third kappa shape index (κ3) is 4.92. The molecule has 1 aromatic carbocycles. The Bertz CT molecular complexity index is 555. The number of esters is 1. The van der Waals surface area contributed by atoms with Crippen LogP contribution in [0.5, 0.6) is 0 Å². The van der Waals surface area contributed by atoms with Crippen LogP contribution >= 0.6 is 0 Å². The van der Waals surface area contributed by atoms with Crippen LogP contribution in [-0.4, -0.2) is 40.6 Å². The minimum Gasteiger partial charge on any atom is -0.465 e. The second-order valence-corrected chi connectivity index (χ2v) is 6.29. The van der Waals surface area contributed by atoms with Crippen LogP contribution in [0.4, 0.5) is 0 Å². The van der Waals surface area contributed by atoms with E-state index in [9.17, 15) is 13.2 Å². The highest BCUT2D eigenvalue weighted by molar-refractivity contribution is 7.89. The SMILES string of the molecule is COC(=O)c1cccc(S(=O)(=O)NCCNC(C)C)c1. The molecule has 0 bridgehead atoms. The average Bonchev–Trinajstić information content (AvgIpc) is 2.42. The quantitative estimate of drug-likeness (QED) is 0.573. The van der Waals surface area contributed by atoms with Gasteiger partial charge in [0.15, 0.2) is 0 Å². The fourth-order valence-electron chi connectivity index (χ4n) is 1.54. The standard InChI is InChI=1S/C13H20N2O4S/c1-10(2)14-7-8-15-20(17,18)12-6-4-5-11(9-12)13(16)19-3/h4-6,9-10,14-15H,7-8H2,1-3H3. The van der Waals surface area contributed by atoms with Crippen molar-refractivity contribution in [3.8, 4) is 0 Å². The van der Waals surface area contributed by atoms with Gasteiger partial charge in [-0.3, -0.25) is 0 Å². The Morgan fingerprint density at radius 2 is 2.00 bits per heavy atom. The second-order valence-electron chi connectivity index (χ2n) is 4.53. The molecular weight excluding hydrogens is 280 g/mol. The fraction of sp³-hybridized carbons (Fsp3) is 0.462. The van der Waals surface area contributed by atoms with Crippen LogP contribution in [0.25, 0.3) is 0 Å². The highest BCUT2D eigenvalue weighted by Crippen LogP contribution is 2.12. The van der Waals surface area contributed by atoms with Crippen molar-refractivity contribution >= 4 is 16.0 Å². The lowest BCUT2D eigenvalue weighted by molar-refractivity contribution is 0.0600. The number of hydrogen-bond donors (Lipinski definition) is 2.